The number of halogens is 2. The average molecular weight is 329 g/mol. The van der Waals surface area contributed by atoms with Crippen LogP contribution < -0.4 is 4.90 Å². The van der Waals surface area contributed by atoms with E-state index in [1.54, 1.807) is 0 Å². The van der Waals surface area contributed by atoms with Crippen molar-refractivity contribution < 1.29 is 9.90 Å². The van der Waals surface area contributed by atoms with E-state index in [9.17, 15) is 4.79 Å². The monoisotopic (exact) mass is 328 g/mol. The molecule has 114 valence electrons. The molecule has 0 amide bonds. The van der Waals surface area contributed by atoms with Crippen LogP contribution in [0.3, 0.4) is 0 Å². The van der Waals surface area contributed by atoms with Crippen LogP contribution in [0.4, 0.5) is 5.69 Å². The molecule has 6 heteroatoms. The Kier molecular flexibility index (Phi) is 4.29. The molecule has 0 unspecified atom stereocenters. The van der Waals surface area contributed by atoms with Crippen molar-refractivity contribution in [1.29, 1.82) is 0 Å². The second-order valence-corrected chi connectivity index (χ2v) is 6.64. The summed E-state index contributed by atoms with van der Waals surface area (Å²) in [6.45, 7) is 4.70. The number of carboxylic acids is 1. The molecule has 1 aromatic carbocycles. The molecule has 1 aromatic rings. The van der Waals surface area contributed by atoms with Gasteiger partial charge >= 0.3 is 5.97 Å². The van der Waals surface area contributed by atoms with Crippen molar-refractivity contribution in [3.8, 4) is 0 Å². The Bertz CT molecular complexity index is 544. The van der Waals surface area contributed by atoms with Crippen molar-refractivity contribution in [3.05, 3.63) is 28.2 Å². The average Bonchev–Trinajstić information content (AvgIpc) is 3.22. The molecular formula is C15H18Cl2N2O2. The van der Waals surface area contributed by atoms with Gasteiger partial charge < -0.3 is 10.0 Å². The number of piperazine rings is 1. The standard InChI is InChI=1S/C15H18Cl2N2O2/c16-13-2-1-11(8-14(13)17)19-5-3-18(4-6-19)9-10-7-12(10)15(20)21/h1-2,8,10,12H,3-7,9H2,(H,20,21)/t10-,12+/m0/s1. The van der Waals surface area contributed by atoms with Gasteiger partial charge in [-0.15, -0.1) is 0 Å². The number of aliphatic carboxylic acids is 1. The lowest BCUT2D eigenvalue weighted by Crippen LogP contribution is -2.47. The van der Waals surface area contributed by atoms with Gasteiger partial charge in [0.25, 0.3) is 0 Å². The van der Waals surface area contributed by atoms with Gasteiger partial charge in [-0.2, -0.15) is 0 Å². The number of rotatable bonds is 4. The molecule has 2 atom stereocenters. The highest BCUT2D eigenvalue weighted by atomic mass is 35.5. The number of carboxylic acid groups (broad SMARTS) is 1. The van der Waals surface area contributed by atoms with Gasteiger partial charge in [0.05, 0.1) is 16.0 Å². The second kappa shape index (κ2) is 6.03. The van der Waals surface area contributed by atoms with E-state index in [2.05, 4.69) is 9.80 Å². The van der Waals surface area contributed by atoms with Gasteiger partial charge in [-0.3, -0.25) is 9.69 Å². The van der Waals surface area contributed by atoms with Crippen LogP contribution in [0, 0.1) is 11.8 Å². The first-order valence-corrected chi connectivity index (χ1v) is 7.95. The zero-order chi connectivity index (χ0) is 15.0. The quantitative estimate of drug-likeness (QED) is 0.923. The van der Waals surface area contributed by atoms with Crippen molar-refractivity contribution in [3.63, 3.8) is 0 Å². The minimum Gasteiger partial charge on any atom is -0.481 e. The molecule has 1 aliphatic heterocycles. The maximum atomic E-state index is 10.9. The topological polar surface area (TPSA) is 43.8 Å². The molecule has 1 aliphatic carbocycles. The Morgan fingerprint density at radius 1 is 1.19 bits per heavy atom. The van der Waals surface area contributed by atoms with E-state index in [-0.39, 0.29) is 5.92 Å². The Labute approximate surface area is 134 Å². The minimum atomic E-state index is -0.644. The van der Waals surface area contributed by atoms with Gasteiger partial charge in [0, 0.05) is 38.4 Å². The van der Waals surface area contributed by atoms with Crippen LogP contribution in [0.25, 0.3) is 0 Å². The van der Waals surface area contributed by atoms with E-state index in [0.717, 1.165) is 44.8 Å². The lowest BCUT2D eigenvalue weighted by atomic mass is 10.2. The second-order valence-electron chi connectivity index (χ2n) is 5.83. The Balaban J connectivity index is 1.51. The predicted octanol–water partition coefficient (Wildman–Crippen LogP) is 2.84. The lowest BCUT2D eigenvalue weighted by molar-refractivity contribution is -0.138. The van der Waals surface area contributed by atoms with E-state index in [1.165, 1.54) is 0 Å². The van der Waals surface area contributed by atoms with E-state index in [1.807, 2.05) is 18.2 Å². The van der Waals surface area contributed by atoms with Crippen molar-refractivity contribution in [2.24, 2.45) is 11.8 Å². The van der Waals surface area contributed by atoms with Gasteiger partial charge in [-0.05, 0) is 30.5 Å². The number of nitrogens with zero attached hydrogens (tertiary/aromatic N) is 2. The molecule has 3 rings (SSSR count). The molecule has 21 heavy (non-hydrogen) atoms. The summed E-state index contributed by atoms with van der Waals surface area (Å²) in [5.74, 6) is -0.411. The first kappa shape index (κ1) is 14.9. The van der Waals surface area contributed by atoms with Gasteiger partial charge in [0.2, 0.25) is 0 Å². The molecule has 0 aromatic heterocycles. The molecular weight excluding hydrogens is 311 g/mol. The van der Waals surface area contributed by atoms with E-state index in [0.29, 0.717) is 16.0 Å². The molecule has 1 saturated heterocycles. The molecule has 1 N–H and O–H groups in total. The van der Waals surface area contributed by atoms with Crippen molar-refractivity contribution >= 4 is 34.9 Å². The molecule has 2 aliphatic rings. The van der Waals surface area contributed by atoms with Gasteiger partial charge in [-0.1, -0.05) is 23.2 Å². The molecule has 4 nitrogen and oxygen atoms in total. The summed E-state index contributed by atoms with van der Waals surface area (Å²) in [5, 5.41) is 10.1. The summed E-state index contributed by atoms with van der Waals surface area (Å²) >= 11 is 12.0. The zero-order valence-corrected chi connectivity index (χ0v) is 13.1. The summed E-state index contributed by atoms with van der Waals surface area (Å²) in [4.78, 5) is 15.5. The summed E-state index contributed by atoms with van der Waals surface area (Å²) in [6.07, 6.45) is 0.836. The maximum Gasteiger partial charge on any atom is 0.306 e. The Hall–Kier alpha value is -0.970. The van der Waals surface area contributed by atoms with Gasteiger partial charge in [0.15, 0.2) is 0 Å². The fraction of sp³-hybridized carbons (Fsp3) is 0.533. The largest absolute Gasteiger partial charge is 0.481 e. The highest BCUT2D eigenvalue weighted by Gasteiger charge is 2.43. The number of carbonyl (C=O) groups is 1. The first-order valence-electron chi connectivity index (χ1n) is 7.20. The van der Waals surface area contributed by atoms with Crippen molar-refractivity contribution in [1.82, 2.24) is 4.90 Å². The number of benzene rings is 1. The molecule has 2 fully saturated rings. The summed E-state index contributed by atoms with van der Waals surface area (Å²) in [5.41, 5.74) is 1.10. The highest BCUT2D eigenvalue weighted by molar-refractivity contribution is 6.42. The lowest BCUT2D eigenvalue weighted by Gasteiger charge is -2.36. The van der Waals surface area contributed by atoms with Gasteiger partial charge in [-0.25, -0.2) is 0 Å². The van der Waals surface area contributed by atoms with Crippen LogP contribution in [-0.4, -0.2) is 48.7 Å². The normalized spacial score (nSPS) is 25.9. The Morgan fingerprint density at radius 2 is 1.90 bits per heavy atom. The number of anilines is 1. The van der Waals surface area contributed by atoms with Crippen LogP contribution in [0.1, 0.15) is 6.42 Å². The predicted molar refractivity (Wildman–Crippen MR) is 84.3 cm³/mol. The fourth-order valence-corrected chi connectivity index (χ4v) is 3.25. The molecule has 0 radical (unpaired) electrons. The minimum absolute atomic E-state index is 0.113. The van der Waals surface area contributed by atoms with Crippen LogP contribution in [0.15, 0.2) is 18.2 Å². The van der Waals surface area contributed by atoms with Crippen molar-refractivity contribution in [2.45, 2.75) is 6.42 Å². The van der Waals surface area contributed by atoms with Gasteiger partial charge in [0.1, 0.15) is 0 Å². The molecule has 1 saturated carbocycles. The maximum absolute atomic E-state index is 10.9. The highest BCUT2D eigenvalue weighted by Crippen LogP contribution is 2.39. The zero-order valence-electron chi connectivity index (χ0n) is 11.6. The SMILES string of the molecule is O=C(O)[C@@H]1C[C@H]1CN1CCN(c2ccc(Cl)c(Cl)c2)CC1. The number of hydrogen-bond acceptors (Lipinski definition) is 3. The third-order valence-electron chi connectivity index (χ3n) is 4.37. The molecule has 0 bridgehead atoms. The summed E-state index contributed by atoms with van der Waals surface area (Å²) in [6, 6.07) is 5.72. The van der Waals surface area contributed by atoms with Crippen molar-refractivity contribution in [2.75, 3.05) is 37.6 Å². The molecule has 0 spiro atoms. The summed E-state index contributed by atoms with van der Waals surface area (Å²) < 4.78 is 0. The number of hydrogen-bond donors (Lipinski definition) is 1. The van der Waals surface area contributed by atoms with Crippen LogP contribution in [-0.2, 0) is 4.79 Å². The Morgan fingerprint density at radius 3 is 2.48 bits per heavy atom. The molecule has 1 heterocycles. The smallest absolute Gasteiger partial charge is 0.306 e. The fourth-order valence-electron chi connectivity index (χ4n) is 2.95. The third-order valence-corrected chi connectivity index (χ3v) is 5.11. The van der Waals surface area contributed by atoms with E-state index in [4.69, 9.17) is 28.3 Å². The van der Waals surface area contributed by atoms with Crippen LogP contribution >= 0.6 is 23.2 Å². The van der Waals surface area contributed by atoms with Crippen LogP contribution in [0.5, 0.6) is 0 Å². The first-order chi connectivity index (χ1) is 10.0. The van der Waals surface area contributed by atoms with E-state index >= 15 is 0 Å². The third kappa shape index (κ3) is 3.44. The van der Waals surface area contributed by atoms with E-state index < -0.39 is 5.97 Å². The van der Waals surface area contributed by atoms with Crippen LogP contribution in [0.2, 0.25) is 10.0 Å². The summed E-state index contributed by atoms with van der Waals surface area (Å²) in [7, 11) is 0.